The lowest BCUT2D eigenvalue weighted by molar-refractivity contribution is 0.0709. The third-order valence-corrected chi connectivity index (χ3v) is 6.91. The Morgan fingerprint density at radius 1 is 1.00 bits per heavy atom. The first-order chi connectivity index (χ1) is 16.4. The summed E-state index contributed by atoms with van der Waals surface area (Å²) in [5.74, 6) is 0.796. The molecule has 0 radical (unpaired) electrons. The Morgan fingerprint density at radius 3 is 2.29 bits per heavy atom. The van der Waals surface area contributed by atoms with E-state index in [1.807, 2.05) is 37.0 Å². The Kier molecular flexibility index (Phi) is 7.50. The van der Waals surface area contributed by atoms with E-state index in [1.54, 1.807) is 29.3 Å². The number of aromatic nitrogens is 4. The average molecular weight is 532 g/mol. The van der Waals surface area contributed by atoms with Crippen molar-refractivity contribution >= 4 is 58.1 Å². The number of hydrogen-bond donors (Lipinski definition) is 0. The number of amides is 1. The summed E-state index contributed by atoms with van der Waals surface area (Å²) >= 11 is 12.2. The first-order valence-electron chi connectivity index (χ1n) is 11.1. The highest BCUT2D eigenvalue weighted by Gasteiger charge is 2.28. The average Bonchev–Trinajstić information content (AvgIpc) is 3.27. The van der Waals surface area contributed by atoms with Gasteiger partial charge in [0.05, 0.1) is 5.69 Å². The number of rotatable bonds is 4. The number of carbonyl (C=O) groups is 1. The Labute approximate surface area is 220 Å². The quantitative estimate of drug-likeness (QED) is 0.348. The predicted octanol–water partition coefficient (Wildman–Crippen LogP) is 5.50. The van der Waals surface area contributed by atoms with Crippen LogP contribution in [0.1, 0.15) is 23.2 Å². The zero-order chi connectivity index (χ0) is 23.8. The number of piperidine rings is 1. The second-order valence-electron chi connectivity index (χ2n) is 8.55. The lowest BCUT2D eigenvalue weighted by atomic mass is 10.0. The van der Waals surface area contributed by atoms with Crippen molar-refractivity contribution in [2.24, 2.45) is 7.05 Å². The normalized spacial score (nSPS) is 14.1. The van der Waals surface area contributed by atoms with Crippen molar-refractivity contribution in [1.82, 2.24) is 24.9 Å². The van der Waals surface area contributed by atoms with Gasteiger partial charge in [0, 0.05) is 65.8 Å². The van der Waals surface area contributed by atoms with Gasteiger partial charge in [-0.2, -0.15) is 5.10 Å². The molecule has 0 bridgehead atoms. The summed E-state index contributed by atoms with van der Waals surface area (Å²) < 4.78 is 1.81. The molecule has 182 valence electrons. The molecule has 2 aromatic heterocycles. The van der Waals surface area contributed by atoms with Crippen LogP contribution in [0.2, 0.25) is 10.0 Å². The Balaban J connectivity index is 0.00000289. The second-order valence-corrected chi connectivity index (χ2v) is 9.42. The fraction of sp³-hybridized carbons (Fsp3) is 0.280. The molecule has 1 fully saturated rings. The van der Waals surface area contributed by atoms with E-state index in [9.17, 15) is 4.79 Å². The number of halogens is 3. The van der Waals surface area contributed by atoms with Crippen LogP contribution in [0.3, 0.4) is 0 Å². The van der Waals surface area contributed by atoms with Gasteiger partial charge in [-0.25, -0.2) is 0 Å². The molecule has 4 aromatic rings. The number of carbonyl (C=O) groups excluding carboxylic acids is 1. The summed E-state index contributed by atoms with van der Waals surface area (Å²) in [6, 6.07) is 15.2. The van der Waals surface area contributed by atoms with Crippen LogP contribution in [0.15, 0.2) is 54.7 Å². The number of hydrogen-bond acceptors (Lipinski definition) is 5. The third kappa shape index (κ3) is 4.94. The Morgan fingerprint density at radius 2 is 1.66 bits per heavy atom. The Bertz CT molecular complexity index is 1350. The van der Waals surface area contributed by atoms with Gasteiger partial charge in [-0.3, -0.25) is 9.48 Å². The number of fused-ring (bicyclic) bond motifs is 1. The molecule has 1 amide bonds. The molecule has 1 aliphatic heterocycles. The van der Waals surface area contributed by atoms with E-state index in [4.69, 9.17) is 23.2 Å². The smallest absolute Gasteiger partial charge is 0.253 e. The monoisotopic (exact) mass is 530 g/mol. The van der Waals surface area contributed by atoms with Crippen molar-refractivity contribution in [3.63, 3.8) is 0 Å². The topological polar surface area (TPSA) is 67.2 Å². The number of nitrogens with zero attached hydrogens (tertiary/aromatic N) is 6. The molecule has 35 heavy (non-hydrogen) atoms. The first-order valence-corrected chi connectivity index (χ1v) is 11.9. The maximum absolute atomic E-state index is 13.0. The molecular weight excluding hydrogens is 507 g/mol. The highest BCUT2D eigenvalue weighted by atomic mass is 35.5. The largest absolute Gasteiger partial charge is 0.354 e. The van der Waals surface area contributed by atoms with Crippen molar-refractivity contribution < 1.29 is 4.79 Å². The fourth-order valence-electron chi connectivity index (χ4n) is 4.63. The minimum Gasteiger partial charge on any atom is -0.354 e. The van der Waals surface area contributed by atoms with Crippen molar-refractivity contribution in [2.45, 2.75) is 18.9 Å². The van der Waals surface area contributed by atoms with E-state index in [-0.39, 0.29) is 24.4 Å². The Hall–Kier alpha value is -2.87. The first kappa shape index (κ1) is 25.2. The molecule has 0 aliphatic carbocycles. The molecule has 0 atom stereocenters. The molecular formula is C25H25Cl3N6O. The van der Waals surface area contributed by atoms with E-state index >= 15 is 0 Å². The van der Waals surface area contributed by atoms with Crippen molar-refractivity contribution in [3.8, 4) is 11.4 Å². The lowest BCUT2D eigenvalue weighted by Gasteiger charge is -2.37. The van der Waals surface area contributed by atoms with E-state index in [2.05, 4.69) is 32.3 Å². The van der Waals surface area contributed by atoms with Crippen LogP contribution in [0.4, 0.5) is 5.82 Å². The number of benzene rings is 2. The summed E-state index contributed by atoms with van der Waals surface area (Å²) in [4.78, 5) is 17.1. The third-order valence-electron chi connectivity index (χ3n) is 6.47. The van der Waals surface area contributed by atoms with E-state index < -0.39 is 0 Å². The molecule has 0 saturated carbocycles. The molecule has 0 spiro atoms. The van der Waals surface area contributed by atoms with Gasteiger partial charge in [0.2, 0.25) is 0 Å². The van der Waals surface area contributed by atoms with Gasteiger partial charge in [-0.05, 0) is 37.1 Å². The standard InChI is InChI=1S/C25H24Cl2N6O.ClH/c1-31(25(34)16-13-17(26)15-18(27)14-16)19-8-11-33(12-9-19)24-21-6-4-3-5-20(21)23(29-30-24)22-7-10-28-32(22)2;/h3-7,10,13-15,19H,8-9,11-12H2,1-2H3;1H. The van der Waals surface area contributed by atoms with Crippen LogP contribution >= 0.6 is 35.6 Å². The maximum atomic E-state index is 13.0. The number of aryl methyl sites for hydroxylation is 1. The molecule has 1 saturated heterocycles. The molecule has 1 aliphatic rings. The van der Waals surface area contributed by atoms with Gasteiger partial charge in [-0.15, -0.1) is 22.6 Å². The van der Waals surface area contributed by atoms with Crippen LogP contribution in [-0.2, 0) is 7.05 Å². The van der Waals surface area contributed by atoms with Crippen molar-refractivity contribution in [2.75, 3.05) is 25.0 Å². The van der Waals surface area contributed by atoms with Gasteiger partial charge in [0.15, 0.2) is 5.82 Å². The van der Waals surface area contributed by atoms with Crippen LogP contribution in [-0.4, -0.2) is 57.0 Å². The van der Waals surface area contributed by atoms with Crippen LogP contribution in [0.25, 0.3) is 22.2 Å². The highest BCUT2D eigenvalue weighted by Crippen LogP contribution is 2.33. The molecule has 3 heterocycles. The van der Waals surface area contributed by atoms with Gasteiger partial charge < -0.3 is 9.80 Å². The minimum absolute atomic E-state index is 0. The number of anilines is 1. The predicted molar refractivity (Wildman–Crippen MR) is 143 cm³/mol. The minimum atomic E-state index is -0.0754. The molecule has 10 heteroatoms. The molecule has 7 nitrogen and oxygen atoms in total. The molecule has 5 rings (SSSR count). The summed E-state index contributed by atoms with van der Waals surface area (Å²) in [6.07, 6.45) is 3.42. The highest BCUT2D eigenvalue weighted by molar-refractivity contribution is 6.35. The van der Waals surface area contributed by atoms with E-state index in [1.165, 1.54) is 0 Å². The van der Waals surface area contributed by atoms with Gasteiger partial charge >= 0.3 is 0 Å². The molecule has 0 unspecified atom stereocenters. The van der Waals surface area contributed by atoms with Crippen LogP contribution < -0.4 is 4.90 Å². The second kappa shape index (κ2) is 10.4. The summed E-state index contributed by atoms with van der Waals surface area (Å²) in [7, 11) is 3.75. The van der Waals surface area contributed by atoms with Gasteiger partial charge in [-0.1, -0.05) is 47.5 Å². The van der Waals surface area contributed by atoms with Crippen molar-refractivity contribution in [1.29, 1.82) is 0 Å². The summed E-state index contributed by atoms with van der Waals surface area (Å²) in [5, 5.41) is 16.5. The van der Waals surface area contributed by atoms with Crippen LogP contribution in [0.5, 0.6) is 0 Å². The van der Waals surface area contributed by atoms with Gasteiger partial charge in [0.1, 0.15) is 5.69 Å². The summed E-state index contributed by atoms with van der Waals surface area (Å²) in [5.41, 5.74) is 2.25. The zero-order valence-electron chi connectivity index (χ0n) is 19.4. The zero-order valence-corrected chi connectivity index (χ0v) is 21.7. The SMILES string of the molecule is CN(C(=O)c1cc(Cl)cc(Cl)c1)C1CCN(c2nnc(-c3ccnn3C)c3ccccc23)CC1.Cl. The van der Waals surface area contributed by atoms with Crippen LogP contribution in [0, 0.1) is 0 Å². The maximum Gasteiger partial charge on any atom is 0.253 e. The van der Waals surface area contributed by atoms with E-state index in [0.29, 0.717) is 15.6 Å². The van der Waals surface area contributed by atoms with E-state index in [0.717, 1.165) is 53.9 Å². The van der Waals surface area contributed by atoms with Crippen molar-refractivity contribution in [3.05, 3.63) is 70.3 Å². The fourth-order valence-corrected chi connectivity index (χ4v) is 5.16. The molecule has 2 aromatic carbocycles. The lowest BCUT2D eigenvalue weighted by Crippen LogP contribution is -2.46. The van der Waals surface area contributed by atoms with Gasteiger partial charge in [0.25, 0.3) is 5.91 Å². The summed E-state index contributed by atoms with van der Waals surface area (Å²) in [6.45, 7) is 1.56. The molecule has 0 N–H and O–H groups in total.